The number of nitrogens with zero attached hydrogens (tertiary/aromatic N) is 1. The van der Waals surface area contributed by atoms with Crippen LogP contribution in [0.15, 0.2) is 30.5 Å². The molecule has 0 amide bonds. The third-order valence-corrected chi connectivity index (χ3v) is 3.68. The minimum atomic E-state index is 0.704. The summed E-state index contributed by atoms with van der Waals surface area (Å²) in [6.45, 7) is 5.44. The first-order valence-corrected chi connectivity index (χ1v) is 6.95. The summed E-state index contributed by atoms with van der Waals surface area (Å²) in [6, 6.07) is 8.10. The Hall–Kier alpha value is -1.77. The lowest BCUT2D eigenvalue weighted by Gasteiger charge is -2.15. The molecular weight excluding hydrogens is 236 g/mol. The maximum Gasteiger partial charge on any atom is 0.133 e. The van der Waals surface area contributed by atoms with Gasteiger partial charge in [-0.05, 0) is 35.6 Å². The van der Waals surface area contributed by atoms with E-state index >= 15 is 0 Å². The Morgan fingerprint density at radius 3 is 2.68 bits per heavy atom. The molecule has 102 valence electrons. The van der Waals surface area contributed by atoms with Gasteiger partial charge in [0.05, 0.1) is 7.11 Å². The maximum atomic E-state index is 5.25. The number of fused-ring (bicyclic) bond motifs is 1. The van der Waals surface area contributed by atoms with E-state index in [4.69, 9.17) is 4.74 Å². The molecule has 1 heterocycles. The first kappa shape index (κ1) is 13.7. The first-order chi connectivity index (χ1) is 9.28. The van der Waals surface area contributed by atoms with Crippen LogP contribution in [0.25, 0.3) is 10.8 Å². The fraction of sp³-hybridized carbons (Fsp3) is 0.438. The molecule has 3 nitrogen and oxygen atoms in total. The molecule has 1 aromatic heterocycles. The molecule has 0 aliphatic carbocycles. The van der Waals surface area contributed by atoms with Gasteiger partial charge in [0.1, 0.15) is 11.6 Å². The van der Waals surface area contributed by atoms with E-state index in [2.05, 4.69) is 30.2 Å². The molecule has 3 heteroatoms. The SMILES string of the molecule is CCC(CC)CNc1nccc2cc(OC)ccc12. The van der Waals surface area contributed by atoms with E-state index in [0.717, 1.165) is 28.9 Å². The van der Waals surface area contributed by atoms with Gasteiger partial charge in [0.25, 0.3) is 0 Å². The monoisotopic (exact) mass is 258 g/mol. The molecule has 0 atom stereocenters. The van der Waals surface area contributed by atoms with Crippen LogP contribution in [0.5, 0.6) is 5.75 Å². The third kappa shape index (κ3) is 3.16. The highest BCUT2D eigenvalue weighted by Crippen LogP contribution is 2.25. The average Bonchev–Trinajstić information content (AvgIpc) is 2.47. The predicted octanol–water partition coefficient (Wildman–Crippen LogP) is 4.09. The van der Waals surface area contributed by atoms with E-state index in [-0.39, 0.29) is 0 Å². The van der Waals surface area contributed by atoms with Crippen molar-refractivity contribution in [1.82, 2.24) is 4.98 Å². The van der Waals surface area contributed by atoms with E-state index in [0.29, 0.717) is 5.92 Å². The Morgan fingerprint density at radius 1 is 1.21 bits per heavy atom. The van der Waals surface area contributed by atoms with Crippen LogP contribution >= 0.6 is 0 Å². The zero-order valence-corrected chi connectivity index (χ0v) is 11.9. The fourth-order valence-corrected chi connectivity index (χ4v) is 2.24. The van der Waals surface area contributed by atoms with Gasteiger partial charge in [-0.3, -0.25) is 0 Å². The molecule has 0 aliphatic heterocycles. The number of pyridine rings is 1. The highest BCUT2D eigenvalue weighted by Gasteiger charge is 2.06. The van der Waals surface area contributed by atoms with Crippen LogP contribution in [-0.4, -0.2) is 18.6 Å². The molecule has 0 unspecified atom stereocenters. The Balaban J connectivity index is 2.23. The van der Waals surface area contributed by atoms with Crippen molar-refractivity contribution in [2.45, 2.75) is 26.7 Å². The van der Waals surface area contributed by atoms with Crippen molar-refractivity contribution in [3.63, 3.8) is 0 Å². The van der Waals surface area contributed by atoms with Crippen molar-refractivity contribution in [2.75, 3.05) is 19.0 Å². The van der Waals surface area contributed by atoms with Gasteiger partial charge in [0.2, 0.25) is 0 Å². The van der Waals surface area contributed by atoms with Gasteiger partial charge >= 0.3 is 0 Å². The van der Waals surface area contributed by atoms with Crippen LogP contribution in [0.2, 0.25) is 0 Å². The number of benzene rings is 1. The van der Waals surface area contributed by atoms with Gasteiger partial charge in [-0.2, -0.15) is 0 Å². The number of hydrogen-bond donors (Lipinski definition) is 1. The number of rotatable bonds is 6. The van der Waals surface area contributed by atoms with Crippen molar-refractivity contribution in [2.24, 2.45) is 5.92 Å². The lowest BCUT2D eigenvalue weighted by atomic mass is 10.0. The molecule has 2 aromatic rings. The normalized spacial score (nSPS) is 10.9. The molecule has 0 radical (unpaired) electrons. The Labute approximate surface area is 115 Å². The number of ether oxygens (including phenoxy) is 1. The Morgan fingerprint density at radius 2 is 2.00 bits per heavy atom. The Bertz CT molecular complexity index is 535. The number of hydrogen-bond acceptors (Lipinski definition) is 3. The maximum absolute atomic E-state index is 5.25. The van der Waals surface area contributed by atoms with Crippen LogP contribution in [0.1, 0.15) is 26.7 Å². The van der Waals surface area contributed by atoms with Crippen LogP contribution in [0, 0.1) is 5.92 Å². The van der Waals surface area contributed by atoms with E-state index < -0.39 is 0 Å². The summed E-state index contributed by atoms with van der Waals surface area (Å²) in [5.74, 6) is 2.55. The minimum Gasteiger partial charge on any atom is -0.497 e. The van der Waals surface area contributed by atoms with Crippen LogP contribution in [0.4, 0.5) is 5.82 Å². The summed E-state index contributed by atoms with van der Waals surface area (Å²) in [7, 11) is 1.69. The number of nitrogens with one attached hydrogen (secondary N) is 1. The van der Waals surface area contributed by atoms with Gasteiger partial charge < -0.3 is 10.1 Å². The first-order valence-electron chi connectivity index (χ1n) is 6.95. The molecule has 1 aromatic carbocycles. The molecule has 0 bridgehead atoms. The average molecular weight is 258 g/mol. The van der Waals surface area contributed by atoms with E-state index in [1.54, 1.807) is 7.11 Å². The molecular formula is C16H22N2O. The predicted molar refractivity (Wildman–Crippen MR) is 80.9 cm³/mol. The second-order valence-electron chi connectivity index (χ2n) is 4.81. The lowest BCUT2D eigenvalue weighted by molar-refractivity contribution is 0.415. The quantitative estimate of drug-likeness (QED) is 0.847. The van der Waals surface area contributed by atoms with Gasteiger partial charge in [0.15, 0.2) is 0 Å². The molecule has 0 saturated heterocycles. The standard InChI is InChI=1S/C16H22N2O/c1-4-12(5-2)11-18-16-15-7-6-14(19-3)10-13(15)8-9-17-16/h6-10,12H,4-5,11H2,1-3H3,(H,17,18). The van der Waals surface area contributed by atoms with Gasteiger partial charge in [-0.25, -0.2) is 4.98 Å². The number of aromatic nitrogens is 1. The third-order valence-electron chi connectivity index (χ3n) is 3.68. The van der Waals surface area contributed by atoms with Gasteiger partial charge in [0, 0.05) is 18.1 Å². The summed E-state index contributed by atoms with van der Waals surface area (Å²) >= 11 is 0. The number of methoxy groups -OCH3 is 1. The zero-order valence-electron chi connectivity index (χ0n) is 11.9. The van der Waals surface area contributed by atoms with Crippen LogP contribution < -0.4 is 10.1 Å². The molecule has 2 rings (SSSR count). The van der Waals surface area contributed by atoms with Crippen molar-refractivity contribution in [3.05, 3.63) is 30.5 Å². The fourth-order valence-electron chi connectivity index (χ4n) is 2.24. The Kier molecular flexibility index (Phi) is 4.61. The van der Waals surface area contributed by atoms with Crippen molar-refractivity contribution >= 4 is 16.6 Å². The molecule has 19 heavy (non-hydrogen) atoms. The van der Waals surface area contributed by atoms with Crippen LogP contribution in [0.3, 0.4) is 0 Å². The molecule has 0 spiro atoms. The van der Waals surface area contributed by atoms with Gasteiger partial charge in [-0.1, -0.05) is 26.7 Å². The van der Waals surface area contributed by atoms with E-state index in [1.165, 1.54) is 12.8 Å². The minimum absolute atomic E-state index is 0.704. The zero-order chi connectivity index (χ0) is 13.7. The largest absolute Gasteiger partial charge is 0.497 e. The highest BCUT2D eigenvalue weighted by atomic mass is 16.5. The molecule has 0 aliphatic rings. The molecule has 0 saturated carbocycles. The summed E-state index contributed by atoms with van der Waals surface area (Å²) in [4.78, 5) is 4.45. The smallest absolute Gasteiger partial charge is 0.133 e. The topological polar surface area (TPSA) is 34.2 Å². The summed E-state index contributed by atoms with van der Waals surface area (Å²) in [6.07, 6.45) is 4.24. The summed E-state index contributed by atoms with van der Waals surface area (Å²) in [5.41, 5.74) is 0. The van der Waals surface area contributed by atoms with Crippen LogP contribution in [-0.2, 0) is 0 Å². The lowest BCUT2D eigenvalue weighted by Crippen LogP contribution is -2.13. The summed E-state index contributed by atoms with van der Waals surface area (Å²) < 4.78 is 5.25. The van der Waals surface area contributed by atoms with Crippen molar-refractivity contribution < 1.29 is 4.74 Å². The molecule has 1 N–H and O–H groups in total. The molecule has 0 fully saturated rings. The highest BCUT2D eigenvalue weighted by molar-refractivity contribution is 5.92. The second-order valence-corrected chi connectivity index (χ2v) is 4.81. The van der Waals surface area contributed by atoms with Crippen molar-refractivity contribution in [1.29, 1.82) is 0 Å². The second kappa shape index (κ2) is 6.41. The number of anilines is 1. The van der Waals surface area contributed by atoms with E-state index in [1.807, 2.05) is 24.4 Å². The van der Waals surface area contributed by atoms with Crippen molar-refractivity contribution in [3.8, 4) is 5.75 Å². The summed E-state index contributed by atoms with van der Waals surface area (Å²) in [5, 5.41) is 5.78. The van der Waals surface area contributed by atoms with E-state index in [9.17, 15) is 0 Å². The van der Waals surface area contributed by atoms with Gasteiger partial charge in [-0.15, -0.1) is 0 Å².